The standard InChI is InChI=1S/C29H28ClNO6/c1-18-6-4-5-7-20(18)17-37-22-11-8-19(9-12-22)26-25(28(33)29(34)31(26)14-15-35-2)27(32)23-16-21(30)10-13-24(23)36-3/h4-13,16,26,32H,14-15,17H2,1-3H3/b27-25+. The van der Waals surface area contributed by atoms with Gasteiger partial charge in [0.1, 0.15) is 23.9 Å². The summed E-state index contributed by atoms with van der Waals surface area (Å²) in [4.78, 5) is 27.6. The first-order chi connectivity index (χ1) is 17.8. The van der Waals surface area contributed by atoms with E-state index < -0.39 is 17.7 Å². The zero-order valence-electron chi connectivity index (χ0n) is 20.9. The van der Waals surface area contributed by atoms with Crippen molar-refractivity contribution in [1.29, 1.82) is 0 Å². The topological polar surface area (TPSA) is 85.3 Å². The van der Waals surface area contributed by atoms with Crippen molar-refractivity contribution in [3.05, 3.63) is 99.6 Å². The normalized spacial score (nSPS) is 16.8. The number of likely N-dealkylation sites (tertiary alicyclic amines) is 1. The van der Waals surface area contributed by atoms with E-state index in [1.165, 1.54) is 25.2 Å². The molecule has 37 heavy (non-hydrogen) atoms. The van der Waals surface area contributed by atoms with E-state index in [0.29, 0.717) is 28.7 Å². The van der Waals surface area contributed by atoms with Gasteiger partial charge in [-0.05, 0) is 53.9 Å². The van der Waals surface area contributed by atoms with Crippen LogP contribution in [0.15, 0.2) is 72.3 Å². The second-order valence-corrected chi connectivity index (χ2v) is 9.05. The van der Waals surface area contributed by atoms with Crippen LogP contribution in [0.25, 0.3) is 5.76 Å². The van der Waals surface area contributed by atoms with Crippen LogP contribution in [0.5, 0.6) is 11.5 Å². The molecule has 3 aromatic carbocycles. The van der Waals surface area contributed by atoms with Crippen LogP contribution in [0.2, 0.25) is 5.02 Å². The number of hydrogen-bond donors (Lipinski definition) is 1. The maximum Gasteiger partial charge on any atom is 0.295 e. The van der Waals surface area contributed by atoms with E-state index in [1.54, 1.807) is 36.4 Å². The van der Waals surface area contributed by atoms with E-state index in [-0.39, 0.29) is 30.0 Å². The highest BCUT2D eigenvalue weighted by molar-refractivity contribution is 6.46. The van der Waals surface area contributed by atoms with E-state index in [2.05, 4.69) is 0 Å². The summed E-state index contributed by atoms with van der Waals surface area (Å²) < 4.78 is 16.5. The number of Topliss-reactive ketones (excluding diaryl/α,β-unsaturated/α-hetero) is 1. The summed E-state index contributed by atoms with van der Waals surface area (Å²) in [5.74, 6) is -0.909. The summed E-state index contributed by atoms with van der Waals surface area (Å²) in [6, 6.07) is 19.0. The van der Waals surface area contributed by atoms with Gasteiger partial charge in [-0.1, -0.05) is 48.0 Å². The Balaban J connectivity index is 1.72. The van der Waals surface area contributed by atoms with Crippen molar-refractivity contribution in [3.63, 3.8) is 0 Å². The van der Waals surface area contributed by atoms with Crippen molar-refractivity contribution in [2.24, 2.45) is 0 Å². The Labute approximate surface area is 220 Å². The second kappa shape index (κ2) is 11.5. The first-order valence-electron chi connectivity index (χ1n) is 11.7. The first kappa shape index (κ1) is 26.3. The van der Waals surface area contributed by atoms with Gasteiger partial charge < -0.3 is 24.2 Å². The summed E-state index contributed by atoms with van der Waals surface area (Å²) in [5, 5.41) is 11.6. The number of methoxy groups -OCH3 is 2. The Morgan fingerprint density at radius 1 is 1.03 bits per heavy atom. The molecule has 0 aromatic heterocycles. The van der Waals surface area contributed by atoms with Gasteiger partial charge in [0, 0.05) is 18.7 Å². The Bertz CT molecular complexity index is 1330. The molecule has 1 heterocycles. The Morgan fingerprint density at radius 3 is 2.43 bits per heavy atom. The lowest BCUT2D eigenvalue weighted by Crippen LogP contribution is -2.32. The third kappa shape index (κ3) is 5.48. The molecule has 7 nitrogen and oxygen atoms in total. The SMILES string of the molecule is COCCN1C(=O)C(=O)/C(=C(/O)c2cc(Cl)ccc2OC)C1c1ccc(OCc2ccccc2C)cc1. The van der Waals surface area contributed by atoms with Crippen molar-refractivity contribution in [1.82, 2.24) is 4.90 Å². The molecule has 1 aliphatic rings. The first-order valence-corrected chi connectivity index (χ1v) is 12.1. The quantitative estimate of drug-likeness (QED) is 0.233. The molecule has 1 aliphatic heterocycles. The fourth-order valence-corrected chi connectivity index (χ4v) is 4.51. The van der Waals surface area contributed by atoms with Crippen LogP contribution in [0.3, 0.4) is 0 Å². The zero-order chi connectivity index (χ0) is 26.5. The lowest BCUT2D eigenvalue weighted by molar-refractivity contribution is -0.140. The van der Waals surface area contributed by atoms with Crippen LogP contribution >= 0.6 is 11.6 Å². The molecule has 0 aliphatic carbocycles. The molecule has 1 amide bonds. The predicted molar refractivity (Wildman–Crippen MR) is 141 cm³/mol. The minimum Gasteiger partial charge on any atom is -0.507 e. The molecule has 0 radical (unpaired) electrons. The second-order valence-electron chi connectivity index (χ2n) is 8.61. The van der Waals surface area contributed by atoms with Crippen LogP contribution in [0.1, 0.15) is 28.3 Å². The highest BCUT2D eigenvalue weighted by atomic mass is 35.5. The van der Waals surface area contributed by atoms with E-state index in [0.717, 1.165) is 11.1 Å². The highest BCUT2D eigenvalue weighted by Gasteiger charge is 2.46. The largest absolute Gasteiger partial charge is 0.507 e. The van der Waals surface area contributed by atoms with Crippen molar-refractivity contribution in [2.45, 2.75) is 19.6 Å². The summed E-state index contributed by atoms with van der Waals surface area (Å²) in [5.41, 5.74) is 3.03. The summed E-state index contributed by atoms with van der Waals surface area (Å²) in [6.07, 6.45) is 0. The third-order valence-electron chi connectivity index (χ3n) is 6.34. The molecular weight excluding hydrogens is 494 g/mol. The third-order valence-corrected chi connectivity index (χ3v) is 6.58. The Morgan fingerprint density at radius 2 is 1.76 bits per heavy atom. The number of carbonyl (C=O) groups excluding carboxylic acids is 2. The number of aryl methyl sites for hydroxylation is 1. The molecule has 3 aromatic rings. The van der Waals surface area contributed by atoms with E-state index in [1.807, 2.05) is 31.2 Å². The summed E-state index contributed by atoms with van der Waals surface area (Å²) in [7, 11) is 2.97. The molecule has 1 N–H and O–H groups in total. The van der Waals surface area contributed by atoms with Crippen molar-refractivity contribution in [3.8, 4) is 11.5 Å². The van der Waals surface area contributed by atoms with Crippen LogP contribution in [0.4, 0.5) is 0 Å². The molecule has 8 heteroatoms. The molecule has 0 spiro atoms. The van der Waals surface area contributed by atoms with E-state index >= 15 is 0 Å². The van der Waals surface area contributed by atoms with Gasteiger partial charge >= 0.3 is 0 Å². The Kier molecular flexibility index (Phi) is 8.16. The van der Waals surface area contributed by atoms with Gasteiger partial charge in [0.25, 0.3) is 11.7 Å². The maximum atomic E-state index is 13.2. The monoisotopic (exact) mass is 521 g/mol. The van der Waals surface area contributed by atoms with Crippen LogP contribution in [-0.2, 0) is 20.9 Å². The van der Waals surface area contributed by atoms with Crippen molar-refractivity contribution < 1.29 is 28.9 Å². The highest BCUT2D eigenvalue weighted by Crippen LogP contribution is 2.41. The fraction of sp³-hybridized carbons (Fsp3) is 0.241. The summed E-state index contributed by atoms with van der Waals surface area (Å²) in [6.45, 7) is 2.83. The minimum absolute atomic E-state index is 0.0461. The van der Waals surface area contributed by atoms with Crippen molar-refractivity contribution >= 4 is 29.1 Å². The molecule has 1 saturated heterocycles. The van der Waals surface area contributed by atoms with Gasteiger partial charge in [-0.3, -0.25) is 9.59 Å². The lowest BCUT2D eigenvalue weighted by Gasteiger charge is -2.25. The lowest BCUT2D eigenvalue weighted by atomic mass is 9.95. The molecule has 192 valence electrons. The molecule has 1 fully saturated rings. The average Bonchev–Trinajstić information content (AvgIpc) is 3.16. The number of amides is 1. The fourth-order valence-electron chi connectivity index (χ4n) is 4.34. The number of nitrogens with zero attached hydrogens (tertiary/aromatic N) is 1. The average molecular weight is 522 g/mol. The number of aliphatic hydroxyl groups excluding tert-OH is 1. The number of carbonyl (C=O) groups is 2. The maximum absolute atomic E-state index is 13.2. The van der Waals surface area contributed by atoms with Gasteiger partial charge in [0.2, 0.25) is 0 Å². The van der Waals surface area contributed by atoms with E-state index in [4.69, 9.17) is 25.8 Å². The molecular formula is C29H28ClNO6. The number of ether oxygens (including phenoxy) is 3. The smallest absolute Gasteiger partial charge is 0.295 e. The molecule has 1 atom stereocenters. The molecule has 0 saturated carbocycles. The van der Waals surface area contributed by atoms with Crippen LogP contribution in [0, 0.1) is 6.92 Å². The molecule has 1 unspecified atom stereocenters. The van der Waals surface area contributed by atoms with Gasteiger partial charge in [-0.2, -0.15) is 0 Å². The number of ketones is 1. The minimum atomic E-state index is -0.829. The Hall–Kier alpha value is -3.81. The summed E-state index contributed by atoms with van der Waals surface area (Å²) >= 11 is 6.16. The van der Waals surface area contributed by atoms with Crippen molar-refractivity contribution in [2.75, 3.05) is 27.4 Å². The van der Waals surface area contributed by atoms with Crippen LogP contribution in [-0.4, -0.2) is 49.1 Å². The number of rotatable bonds is 9. The van der Waals surface area contributed by atoms with Crippen LogP contribution < -0.4 is 9.47 Å². The van der Waals surface area contributed by atoms with Gasteiger partial charge in [0.15, 0.2) is 0 Å². The van der Waals surface area contributed by atoms with Gasteiger partial charge in [-0.15, -0.1) is 0 Å². The predicted octanol–water partition coefficient (Wildman–Crippen LogP) is 5.30. The number of hydrogen-bond acceptors (Lipinski definition) is 6. The van der Waals surface area contributed by atoms with Gasteiger partial charge in [-0.25, -0.2) is 0 Å². The van der Waals surface area contributed by atoms with E-state index in [9.17, 15) is 14.7 Å². The van der Waals surface area contributed by atoms with Gasteiger partial charge in [0.05, 0.1) is 30.9 Å². The number of aliphatic hydroxyl groups is 1. The zero-order valence-corrected chi connectivity index (χ0v) is 21.6. The number of benzene rings is 3. The number of halogens is 1. The molecule has 4 rings (SSSR count). The molecule has 0 bridgehead atoms.